The fourth-order valence-corrected chi connectivity index (χ4v) is 2.47. The van der Waals surface area contributed by atoms with Crippen LogP contribution in [-0.4, -0.2) is 35.4 Å². The summed E-state index contributed by atoms with van der Waals surface area (Å²) in [4.78, 5) is 18.6. The third kappa shape index (κ3) is 2.69. The fraction of sp³-hybridized carbons (Fsp3) is 0.636. The summed E-state index contributed by atoms with van der Waals surface area (Å²) >= 11 is 1.34. The highest BCUT2D eigenvalue weighted by Crippen LogP contribution is 2.31. The molecule has 94 valence electrons. The van der Waals surface area contributed by atoms with E-state index in [9.17, 15) is 4.79 Å². The molecule has 0 bridgehead atoms. The second-order valence-electron chi connectivity index (χ2n) is 4.31. The van der Waals surface area contributed by atoms with Crippen molar-refractivity contribution in [1.82, 2.24) is 9.88 Å². The molecule has 1 aliphatic carbocycles. The summed E-state index contributed by atoms with van der Waals surface area (Å²) in [6.45, 7) is 2.93. The molecule has 1 aromatic heterocycles. The number of nitrogens with one attached hydrogen (secondary N) is 1. The quantitative estimate of drug-likeness (QED) is 0.840. The molecule has 0 aromatic carbocycles. The van der Waals surface area contributed by atoms with Crippen LogP contribution in [0, 0.1) is 0 Å². The molecule has 1 heterocycles. The van der Waals surface area contributed by atoms with Crippen molar-refractivity contribution in [3.63, 3.8) is 0 Å². The maximum atomic E-state index is 12.1. The van der Waals surface area contributed by atoms with Gasteiger partial charge in [-0.25, -0.2) is 4.98 Å². The Morgan fingerprint density at radius 2 is 2.35 bits per heavy atom. The number of aromatic nitrogens is 1. The minimum Gasteiger partial charge on any atom is -0.382 e. The van der Waals surface area contributed by atoms with E-state index < -0.39 is 0 Å². The molecule has 1 saturated carbocycles. The molecule has 1 fully saturated rings. The normalized spacial score (nSPS) is 14.7. The molecule has 0 spiro atoms. The summed E-state index contributed by atoms with van der Waals surface area (Å²) in [6.07, 6.45) is 3.22. The van der Waals surface area contributed by atoms with Crippen LogP contribution in [0.2, 0.25) is 0 Å². The molecule has 0 aliphatic heterocycles. The first-order valence-electron chi connectivity index (χ1n) is 5.90. The molecule has 0 saturated heterocycles. The Kier molecular flexibility index (Phi) is 3.51. The van der Waals surface area contributed by atoms with Crippen molar-refractivity contribution in [3.8, 4) is 0 Å². The number of hydrogen-bond donors (Lipinski definition) is 2. The molecule has 5 nitrogen and oxygen atoms in total. The Morgan fingerprint density at radius 1 is 1.65 bits per heavy atom. The van der Waals surface area contributed by atoms with Gasteiger partial charge in [0.15, 0.2) is 5.13 Å². The zero-order valence-corrected chi connectivity index (χ0v) is 11.0. The van der Waals surface area contributed by atoms with Crippen LogP contribution in [0.1, 0.15) is 35.9 Å². The van der Waals surface area contributed by atoms with Gasteiger partial charge in [-0.2, -0.15) is 0 Å². The van der Waals surface area contributed by atoms with E-state index in [-0.39, 0.29) is 5.91 Å². The summed E-state index contributed by atoms with van der Waals surface area (Å²) in [5.74, 6) is 0.332. The van der Waals surface area contributed by atoms with Crippen molar-refractivity contribution in [2.45, 2.75) is 32.2 Å². The number of thiazole rings is 1. The maximum absolute atomic E-state index is 12.1. The van der Waals surface area contributed by atoms with Gasteiger partial charge in [0.1, 0.15) is 10.7 Å². The molecule has 0 unspecified atom stereocenters. The fourth-order valence-electron chi connectivity index (χ4n) is 1.58. The van der Waals surface area contributed by atoms with Crippen molar-refractivity contribution < 1.29 is 4.79 Å². The zero-order valence-electron chi connectivity index (χ0n) is 10.2. The van der Waals surface area contributed by atoms with Crippen LogP contribution in [0.5, 0.6) is 0 Å². The van der Waals surface area contributed by atoms with Gasteiger partial charge in [0, 0.05) is 19.6 Å². The molecule has 1 aromatic rings. The van der Waals surface area contributed by atoms with Gasteiger partial charge in [-0.05, 0) is 19.3 Å². The van der Waals surface area contributed by atoms with E-state index in [1.165, 1.54) is 11.3 Å². The van der Waals surface area contributed by atoms with Gasteiger partial charge in [-0.15, -0.1) is 0 Å². The minimum atomic E-state index is -0.00736. The smallest absolute Gasteiger partial charge is 0.267 e. The first-order valence-corrected chi connectivity index (χ1v) is 6.72. The largest absolute Gasteiger partial charge is 0.382 e. The molecule has 0 radical (unpaired) electrons. The van der Waals surface area contributed by atoms with E-state index in [2.05, 4.69) is 17.2 Å². The highest BCUT2D eigenvalue weighted by molar-refractivity contribution is 7.18. The van der Waals surface area contributed by atoms with Gasteiger partial charge >= 0.3 is 0 Å². The molecule has 3 N–H and O–H groups in total. The predicted molar refractivity (Wildman–Crippen MR) is 70.4 cm³/mol. The minimum absolute atomic E-state index is 0.00736. The number of carbonyl (C=O) groups excluding carboxylic acids is 1. The lowest BCUT2D eigenvalue weighted by atomic mass is 10.4. The van der Waals surface area contributed by atoms with Gasteiger partial charge in [0.25, 0.3) is 5.91 Å². The van der Waals surface area contributed by atoms with E-state index in [0.717, 1.165) is 30.9 Å². The van der Waals surface area contributed by atoms with E-state index in [0.29, 0.717) is 16.7 Å². The van der Waals surface area contributed by atoms with Gasteiger partial charge in [-0.3, -0.25) is 4.79 Å². The van der Waals surface area contributed by atoms with Crippen molar-refractivity contribution in [2.24, 2.45) is 0 Å². The number of anilines is 2. The number of nitrogens with zero attached hydrogens (tertiary/aromatic N) is 2. The first kappa shape index (κ1) is 12.2. The van der Waals surface area contributed by atoms with Crippen LogP contribution < -0.4 is 11.1 Å². The van der Waals surface area contributed by atoms with Gasteiger partial charge in [0.05, 0.1) is 0 Å². The number of rotatable bonds is 5. The Labute approximate surface area is 105 Å². The predicted octanol–water partition coefficient (Wildman–Crippen LogP) is 1.78. The SMILES string of the molecule is CCCNc1nc(N)c(C(=O)N(C)C2CC2)s1. The van der Waals surface area contributed by atoms with Crippen LogP contribution in [0.15, 0.2) is 0 Å². The second kappa shape index (κ2) is 4.91. The molecule has 6 heteroatoms. The number of amides is 1. The number of nitrogens with two attached hydrogens (primary N) is 1. The van der Waals surface area contributed by atoms with E-state index >= 15 is 0 Å². The Morgan fingerprint density at radius 3 is 2.94 bits per heavy atom. The van der Waals surface area contributed by atoms with Crippen molar-refractivity contribution in [2.75, 3.05) is 24.6 Å². The lowest BCUT2D eigenvalue weighted by Crippen LogP contribution is -2.28. The molecular weight excluding hydrogens is 236 g/mol. The highest BCUT2D eigenvalue weighted by Gasteiger charge is 2.32. The Hall–Kier alpha value is -1.30. The van der Waals surface area contributed by atoms with E-state index in [4.69, 9.17) is 5.73 Å². The Balaban J connectivity index is 2.08. The average molecular weight is 254 g/mol. The summed E-state index contributed by atoms with van der Waals surface area (Å²) in [5.41, 5.74) is 5.78. The van der Waals surface area contributed by atoms with Crippen LogP contribution >= 0.6 is 11.3 Å². The van der Waals surface area contributed by atoms with Crippen molar-refractivity contribution in [1.29, 1.82) is 0 Å². The summed E-state index contributed by atoms with van der Waals surface area (Å²) in [6, 6.07) is 0.399. The summed E-state index contributed by atoms with van der Waals surface area (Å²) < 4.78 is 0. The third-order valence-electron chi connectivity index (χ3n) is 2.79. The standard InChI is InChI=1S/C11H18N4OS/c1-3-6-13-11-14-9(12)8(17-11)10(16)15(2)7-4-5-7/h7H,3-6,12H2,1-2H3,(H,13,14). The molecule has 0 atom stereocenters. The molecule has 1 amide bonds. The lowest BCUT2D eigenvalue weighted by molar-refractivity contribution is 0.0790. The van der Waals surface area contributed by atoms with Gasteiger partial charge < -0.3 is 16.0 Å². The summed E-state index contributed by atoms with van der Waals surface area (Å²) in [5, 5.41) is 3.88. The molecule has 2 rings (SSSR count). The second-order valence-corrected chi connectivity index (χ2v) is 5.31. The Bertz CT molecular complexity index is 414. The monoisotopic (exact) mass is 254 g/mol. The third-order valence-corrected chi connectivity index (χ3v) is 3.81. The van der Waals surface area contributed by atoms with Gasteiger partial charge in [0.2, 0.25) is 0 Å². The van der Waals surface area contributed by atoms with Crippen LogP contribution in [0.25, 0.3) is 0 Å². The zero-order chi connectivity index (χ0) is 12.4. The van der Waals surface area contributed by atoms with Crippen LogP contribution in [-0.2, 0) is 0 Å². The maximum Gasteiger partial charge on any atom is 0.267 e. The van der Waals surface area contributed by atoms with Crippen LogP contribution in [0.4, 0.5) is 10.9 Å². The number of carbonyl (C=O) groups is 1. The topological polar surface area (TPSA) is 71.2 Å². The van der Waals surface area contributed by atoms with E-state index in [1.807, 2.05) is 7.05 Å². The molecule has 1 aliphatic rings. The highest BCUT2D eigenvalue weighted by atomic mass is 32.1. The number of hydrogen-bond acceptors (Lipinski definition) is 5. The van der Waals surface area contributed by atoms with Crippen LogP contribution in [0.3, 0.4) is 0 Å². The molecular formula is C11H18N4OS. The lowest BCUT2D eigenvalue weighted by Gasteiger charge is -2.14. The van der Waals surface area contributed by atoms with Crippen molar-refractivity contribution in [3.05, 3.63) is 4.88 Å². The molecule has 17 heavy (non-hydrogen) atoms. The van der Waals surface area contributed by atoms with E-state index in [1.54, 1.807) is 4.90 Å². The average Bonchev–Trinajstić information content (AvgIpc) is 3.09. The van der Waals surface area contributed by atoms with Gasteiger partial charge in [-0.1, -0.05) is 18.3 Å². The first-order chi connectivity index (χ1) is 8.13. The number of nitrogen functional groups attached to an aromatic ring is 1. The summed E-state index contributed by atoms with van der Waals surface area (Å²) in [7, 11) is 1.83. The van der Waals surface area contributed by atoms with Crippen molar-refractivity contribution >= 4 is 28.2 Å².